The van der Waals surface area contributed by atoms with Crippen LogP contribution in [0.25, 0.3) is 0 Å². The van der Waals surface area contributed by atoms with Crippen LogP contribution in [0.2, 0.25) is 0 Å². The molecule has 1 aromatic rings. The number of hydrogen-bond acceptors (Lipinski definition) is 4. The fourth-order valence-electron chi connectivity index (χ4n) is 1.56. The van der Waals surface area contributed by atoms with Gasteiger partial charge in [-0.1, -0.05) is 0 Å². The molecule has 76 valence electrons. The molecule has 0 unspecified atom stereocenters. The number of aryl methyl sites for hydroxylation is 1. The molecule has 1 aliphatic carbocycles. The van der Waals surface area contributed by atoms with Crippen molar-refractivity contribution in [2.24, 2.45) is 0 Å². The summed E-state index contributed by atoms with van der Waals surface area (Å²) in [7, 11) is 0. The highest BCUT2D eigenvalue weighted by molar-refractivity contribution is 5.51. The Bertz CT molecular complexity index is 334. The zero-order chi connectivity index (χ0) is 10.1. The van der Waals surface area contributed by atoms with Crippen molar-refractivity contribution in [3.8, 4) is 0 Å². The van der Waals surface area contributed by atoms with Crippen molar-refractivity contribution < 1.29 is 5.11 Å². The van der Waals surface area contributed by atoms with Gasteiger partial charge in [-0.05, 0) is 31.4 Å². The van der Waals surface area contributed by atoms with Gasteiger partial charge >= 0.3 is 0 Å². The maximum atomic E-state index is 9.11. The molecular formula is C10H15N3O. The lowest BCUT2D eigenvalue weighted by Crippen LogP contribution is -2.39. The normalized spacial score (nSPS) is 25.6. The number of nitrogens with one attached hydrogen (secondary N) is 1. The minimum absolute atomic E-state index is 0.137. The molecule has 0 aliphatic heterocycles. The van der Waals surface area contributed by atoms with E-state index in [2.05, 4.69) is 10.3 Å². The zero-order valence-electron chi connectivity index (χ0n) is 8.20. The van der Waals surface area contributed by atoms with Crippen molar-refractivity contribution in [2.75, 3.05) is 11.1 Å². The van der Waals surface area contributed by atoms with Gasteiger partial charge in [0, 0.05) is 6.04 Å². The monoisotopic (exact) mass is 193 g/mol. The summed E-state index contributed by atoms with van der Waals surface area (Å²) in [6, 6.07) is 2.29. The summed E-state index contributed by atoms with van der Waals surface area (Å²) in [4.78, 5) is 4.17. The summed E-state index contributed by atoms with van der Waals surface area (Å²) >= 11 is 0. The van der Waals surface area contributed by atoms with E-state index in [1.165, 1.54) is 0 Å². The fraction of sp³-hybridized carbons (Fsp3) is 0.500. The summed E-state index contributed by atoms with van der Waals surface area (Å²) < 4.78 is 0. The van der Waals surface area contributed by atoms with Crippen LogP contribution in [-0.2, 0) is 0 Å². The average Bonchev–Trinajstić information content (AvgIpc) is 2.09. The minimum Gasteiger partial charge on any atom is -0.397 e. The smallest absolute Gasteiger partial charge is 0.126 e. The number of anilines is 2. The lowest BCUT2D eigenvalue weighted by molar-refractivity contribution is 0.0835. The third-order valence-electron chi connectivity index (χ3n) is 2.62. The first-order valence-electron chi connectivity index (χ1n) is 4.82. The Morgan fingerprint density at radius 2 is 2.29 bits per heavy atom. The SMILES string of the molecule is Cc1cc(NC2CC(O)C2)ncc1N. The van der Waals surface area contributed by atoms with Gasteiger partial charge in [0.1, 0.15) is 5.82 Å². The summed E-state index contributed by atoms with van der Waals surface area (Å²) in [6.45, 7) is 1.96. The topological polar surface area (TPSA) is 71.2 Å². The first-order valence-corrected chi connectivity index (χ1v) is 4.82. The summed E-state index contributed by atoms with van der Waals surface area (Å²) in [5, 5.41) is 12.4. The van der Waals surface area contributed by atoms with E-state index < -0.39 is 0 Å². The van der Waals surface area contributed by atoms with Crippen LogP contribution in [0.3, 0.4) is 0 Å². The highest BCUT2D eigenvalue weighted by Gasteiger charge is 2.27. The largest absolute Gasteiger partial charge is 0.397 e. The molecule has 0 saturated heterocycles. The number of rotatable bonds is 2. The van der Waals surface area contributed by atoms with Crippen LogP contribution in [0.4, 0.5) is 11.5 Å². The number of aliphatic hydroxyl groups is 1. The molecule has 14 heavy (non-hydrogen) atoms. The van der Waals surface area contributed by atoms with Crippen LogP contribution in [-0.4, -0.2) is 22.2 Å². The molecule has 0 aromatic carbocycles. The quantitative estimate of drug-likeness (QED) is 0.652. The van der Waals surface area contributed by atoms with Gasteiger partial charge in [-0.15, -0.1) is 0 Å². The Morgan fingerprint density at radius 3 is 2.86 bits per heavy atom. The van der Waals surface area contributed by atoms with Gasteiger partial charge in [0.25, 0.3) is 0 Å². The van der Waals surface area contributed by atoms with Crippen molar-refractivity contribution in [1.29, 1.82) is 0 Å². The van der Waals surface area contributed by atoms with E-state index >= 15 is 0 Å². The number of nitrogens with two attached hydrogens (primary N) is 1. The molecule has 4 N–H and O–H groups in total. The predicted octanol–water partition coefficient (Wildman–Crippen LogP) is 0.907. The van der Waals surface area contributed by atoms with Crippen molar-refractivity contribution in [1.82, 2.24) is 4.98 Å². The van der Waals surface area contributed by atoms with Gasteiger partial charge in [-0.3, -0.25) is 0 Å². The van der Waals surface area contributed by atoms with Crippen LogP contribution in [0, 0.1) is 6.92 Å². The van der Waals surface area contributed by atoms with Gasteiger partial charge in [0.2, 0.25) is 0 Å². The average molecular weight is 193 g/mol. The van der Waals surface area contributed by atoms with Crippen LogP contribution >= 0.6 is 0 Å². The zero-order valence-corrected chi connectivity index (χ0v) is 8.20. The van der Waals surface area contributed by atoms with E-state index in [9.17, 15) is 0 Å². The molecule has 1 fully saturated rings. The maximum Gasteiger partial charge on any atom is 0.126 e. The van der Waals surface area contributed by atoms with Gasteiger partial charge in [0.05, 0.1) is 18.0 Å². The highest BCUT2D eigenvalue weighted by Crippen LogP contribution is 2.24. The molecule has 0 amide bonds. The van der Waals surface area contributed by atoms with Crippen LogP contribution in [0.15, 0.2) is 12.3 Å². The third kappa shape index (κ3) is 1.80. The van der Waals surface area contributed by atoms with Crippen molar-refractivity contribution >= 4 is 11.5 Å². The number of hydrogen-bond donors (Lipinski definition) is 3. The predicted molar refractivity (Wildman–Crippen MR) is 56.0 cm³/mol. The van der Waals surface area contributed by atoms with Crippen LogP contribution in [0.1, 0.15) is 18.4 Å². The lowest BCUT2D eigenvalue weighted by atomic mass is 9.89. The number of nitrogens with zero attached hydrogens (tertiary/aromatic N) is 1. The molecule has 0 bridgehead atoms. The second-order valence-corrected chi connectivity index (χ2v) is 3.89. The molecule has 1 aliphatic rings. The number of aliphatic hydroxyl groups excluding tert-OH is 1. The second-order valence-electron chi connectivity index (χ2n) is 3.89. The highest BCUT2D eigenvalue weighted by atomic mass is 16.3. The summed E-state index contributed by atoms with van der Waals surface area (Å²) in [5.74, 6) is 0.841. The molecule has 4 heteroatoms. The van der Waals surface area contributed by atoms with Crippen molar-refractivity contribution in [3.05, 3.63) is 17.8 Å². The van der Waals surface area contributed by atoms with E-state index in [1.54, 1.807) is 6.20 Å². The van der Waals surface area contributed by atoms with E-state index in [0.29, 0.717) is 11.7 Å². The summed E-state index contributed by atoms with van der Waals surface area (Å²) in [6.07, 6.45) is 3.14. The van der Waals surface area contributed by atoms with Gasteiger partial charge < -0.3 is 16.2 Å². The third-order valence-corrected chi connectivity index (χ3v) is 2.62. The van der Waals surface area contributed by atoms with E-state index in [-0.39, 0.29) is 6.10 Å². The molecular weight excluding hydrogens is 178 g/mol. The molecule has 1 heterocycles. The van der Waals surface area contributed by atoms with Gasteiger partial charge in [-0.25, -0.2) is 4.98 Å². The molecule has 0 spiro atoms. The van der Waals surface area contributed by atoms with Crippen LogP contribution in [0.5, 0.6) is 0 Å². The Morgan fingerprint density at radius 1 is 1.57 bits per heavy atom. The first kappa shape index (κ1) is 9.27. The van der Waals surface area contributed by atoms with Gasteiger partial charge in [0.15, 0.2) is 0 Å². The number of pyridine rings is 1. The molecule has 2 rings (SSSR count). The van der Waals surface area contributed by atoms with Crippen molar-refractivity contribution in [3.63, 3.8) is 0 Å². The Kier molecular flexibility index (Phi) is 2.29. The Hall–Kier alpha value is -1.29. The summed E-state index contributed by atoms with van der Waals surface area (Å²) in [5.41, 5.74) is 7.40. The maximum absolute atomic E-state index is 9.11. The van der Waals surface area contributed by atoms with Crippen molar-refractivity contribution in [2.45, 2.75) is 31.9 Å². The minimum atomic E-state index is -0.137. The van der Waals surface area contributed by atoms with E-state index in [4.69, 9.17) is 10.8 Å². The van der Waals surface area contributed by atoms with E-state index in [0.717, 1.165) is 24.2 Å². The standard InChI is InChI=1S/C10H15N3O/c1-6-2-10(12-5-9(6)11)13-7-3-8(14)4-7/h2,5,7-8,14H,3-4,11H2,1H3,(H,12,13). The van der Waals surface area contributed by atoms with Crippen LogP contribution < -0.4 is 11.1 Å². The first-order chi connectivity index (χ1) is 6.65. The Balaban J connectivity index is 2.00. The fourth-order valence-corrected chi connectivity index (χ4v) is 1.56. The molecule has 4 nitrogen and oxygen atoms in total. The van der Waals surface area contributed by atoms with Gasteiger partial charge in [-0.2, -0.15) is 0 Å². The van der Waals surface area contributed by atoms with E-state index in [1.807, 2.05) is 13.0 Å². The Labute approximate surface area is 83.2 Å². The lowest BCUT2D eigenvalue weighted by Gasteiger charge is -2.32. The molecule has 1 aromatic heterocycles. The molecule has 0 radical (unpaired) electrons. The number of aromatic nitrogens is 1. The second kappa shape index (κ2) is 3.46. The molecule has 1 saturated carbocycles. The molecule has 0 atom stereocenters. The number of nitrogen functional groups attached to an aromatic ring is 1.